The number of amides is 1. The monoisotopic (exact) mass is 423 g/mol. The van der Waals surface area contributed by atoms with Gasteiger partial charge in [0.05, 0.1) is 13.2 Å². The Bertz CT molecular complexity index is 952. The van der Waals surface area contributed by atoms with Crippen LogP contribution in [0, 0.1) is 0 Å². The maximum atomic E-state index is 12.1. The molecule has 0 bridgehead atoms. The topological polar surface area (TPSA) is 102 Å². The molecule has 4 rings (SSSR count). The Balaban J connectivity index is 1.23. The Morgan fingerprint density at radius 1 is 1.00 bits per heavy atom. The van der Waals surface area contributed by atoms with Crippen molar-refractivity contribution in [2.75, 3.05) is 19.8 Å². The van der Waals surface area contributed by atoms with Crippen LogP contribution in [0.2, 0.25) is 0 Å². The molecule has 0 spiro atoms. The summed E-state index contributed by atoms with van der Waals surface area (Å²) in [6, 6.07) is 16.1. The maximum absolute atomic E-state index is 12.1. The van der Waals surface area contributed by atoms with E-state index in [-0.39, 0.29) is 37.9 Å². The van der Waals surface area contributed by atoms with Crippen LogP contribution in [-0.2, 0) is 19.1 Å². The van der Waals surface area contributed by atoms with Crippen LogP contribution in [-0.4, -0.2) is 48.3 Å². The van der Waals surface area contributed by atoms with E-state index in [9.17, 15) is 19.5 Å². The normalized spacial score (nSPS) is 16.0. The van der Waals surface area contributed by atoms with Crippen molar-refractivity contribution in [3.05, 3.63) is 59.7 Å². The summed E-state index contributed by atoms with van der Waals surface area (Å²) >= 11 is 0. The molecule has 0 heterocycles. The average molecular weight is 423 g/mol. The first-order chi connectivity index (χ1) is 15.0. The molecule has 2 N–H and O–H groups in total. The Kier molecular flexibility index (Phi) is 6.04. The second kappa shape index (κ2) is 8.89. The average Bonchev–Trinajstić information content (AvgIpc) is 3.06. The number of aliphatic carboxylic acids is 1. The highest BCUT2D eigenvalue weighted by molar-refractivity contribution is 5.84. The van der Waals surface area contributed by atoms with E-state index in [0.717, 1.165) is 28.7 Å². The van der Waals surface area contributed by atoms with Crippen molar-refractivity contribution in [1.82, 2.24) is 5.32 Å². The molecule has 31 heavy (non-hydrogen) atoms. The number of Topliss-reactive ketones (excluding diaryl/α,β-unsaturated/α-hetero) is 1. The number of carboxylic acids is 1. The molecule has 162 valence electrons. The minimum atomic E-state index is -1.14. The van der Waals surface area contributed by atoms with Crippen molar-refractivity contribution < 1.29 is 29.0 Å². The van der Waals surface area contributed by atoms with Crippen LogP contribution in [0.15, 0.2) is 48.5 Å². The second-order valence-electron chi connectivity index (χ2n) is 7.97. The highest BCUT2D eigenvalue weighted by atomic mass is 16.5. The fourth-order valence-corrected chi connectivity index (χ4v) is 4.19. The molecule has 2 aromatic carbocycles. The van der Waals surface area contributed by atoms with Gasteiger partial charge in [-0.15, -0.1) is 0 Å². The van der Waals surface area contributed by atoms with E-state index in [0.29, 0.717) is 12.8 Å². The SMILES string of the molecule is O=C(CCOC1(C(=O)O)CCC1)CNC(=O)OCC1c2ccccc2-c2ccccc21. The fourth-order valence-electron chi connectivity index (χ4n) is 4.19. The third kappa shape index (κ3) is 4.32. The van der Waals surface area contributed by atoms with Gasteiger partial charge in [-0.05, 0) is 41.5 Å². The fraction of sp³-hybridized carbons (Fsp3) is 0.375. The van der Waals surface area contributed by atoms with E-state index in [4.69, 9.17) is 9.47 Å². The molecule has 2 aliphatic rings. The molecule has 2 aromatic rings. The van der Waals surface area contributed by atoms with Gasteiger partial charge in [0.1, 0.15) is 6.61 Å². The summed E-state index contributed by atoms with van der Waals surface area (Å²) in [7, 11) is 0. The Morgan fingerprint density at radius 3 is 2.16 bits per heavy atom. The van der Waals surface area contributed by atoms with Crippen molar-refractivity contribution in [1.29, 1.82) is 0 Å². The van der Waals surface area contributed by atoms with Crippen LogP contribution in [0.5, 0.6) is 0 Å². The highest BCUT2D eigenvalue weighted by Gasteiger charge is 2.45. The molecule has 0 aliphatic heterocycles. The lowest BCUT2D eigenvalue weighted by Gasteiger charge is -2.37. The lowest BCUT2D eigenvalue weighted by Crippen LogP contribution is -2.48. The van der Waals surface area contributed by atoms with Crippen molar-refractivity contribution in [3.63, 3.8) is 0 Å². The predicted molar refractivity (Wildman–Crippen MR) is 113 cm³/mol. The first-order valence-corrected chi connectivity index (χ1v) is 10.5. The smallest absolute Gasteiger partial charge is 0.407 e. The van der Waals surface area contributed by atoms with Gasteiger partial charge >= 0.3 is 12.1 Å². The summed E-state index contributed by atoms with van der Waals surface area (Å²) in [5.41, 5.74) is 3.39. The van der Waals surface area contributed by atoms with Crippen molar-refractivity contribution in [3.8, 4) is 11.1 Å². The van der Waals surface area contributed by atoms with E-state index in [1.165, 1.54) is 0 Å². The molecule has 1 amide bonds. The second-order valence-corrected chi connectivity index (χ2v) is 7.97. The van der Waals surface area contributed by atoms with Crippen molar-refractivity contribution in [2.24, 2.45) is 0 Å². The number of nitrogens with one attached hydrogen (secondary N) is 1. The van der Waals surface area contributed by atoms with Gasteiger partial charge in [-0.2, -0.15) is 0 Å². The first kappa shape index (κ1) is 21.1. The summed E-state index contributed by atoms with van der Waals surface area (Å²) in [5.74, 6) is -1.27. The molecule has 0 radical (unpaired) electrons. The molecule has 7 nitrogen and oxygen atoms in total. The number of hydrogen-bond acceptors (Lipinski definition) is 5. The highest BCUT2D eigenvalue weighted by Crippen LogP contribution is 2.44. The molecule has 1 saturated carbocycles. The summed E-state index contributed by atoms with van der Waals surface area (Å²) in [6.07, 6.45) is 1.13. The van der Waals surface area contributed by atoms with Crippen LogP contribution in [0.25, 0.3) is 11.1 Å². The molecule has 0 saturated heterocycles. The first-order valence-electron chi connectivity index (χ1n) is 10.5. The number of alkyl carbamates (subject to hydrolysis) is 1. The molecular weight excluding hydrogens is 398 g/mol. The van der Waals surface area contributed by atoms with Gasteiger partial charge < -0.3 is 19.9 Å². The van der Waals surface area contributed by atoms with Gasteiger partial charge in [0, 0.05) is 12.3 Å². The van der Waals surface area contributed by atoms with Gasteiger partial charge in [-0.25, -0.2) is 9.59 Å². The zero-order chi connectivity index (χ0) is 21.8. The Labute approximate surface area is 180 Å². The molecular formula is C24H25NO6. The minimum Gasteiger partial charge on any atom is -0.479 e. The van der Waals surface area contributed by atoms with E-state index in [2.05, 4.69) is 17.4 Å². The van der Waals surface area contributed by atoms with E-state index < -0.39 is 17.7 Å². The third-order valence-corrected chi connectivity index (χ3v) is 6.08. The molecule has 1 fully saturated rings. The van der Waals surface area contributed by atoms with Crippen LogP contribution in [0.1, 0.15) is 42.7 Å². The number of benzene rings is 2. The number of rotatable bonds is 9. The number of carboxylic acid groups (broad SMARTS) is 1. The van der Waals surface area contributed by atoms with Gasteiger partial charge in [0.2, 0.25) is 0 Å². The maximum Gasteiger partial charge on any atom is 0.407 e. The standard InChI is InChI=1S/C24H25NO6/c26-16(10-13-31-24(22(27)28)11-5-12-24)14-25-23(29)30-15-21-19-8-3-1-6-17(19)18-7-2-4-9-20(18)21/h1-4,6-9,21H,5,10-15H2,(H,25,29)(H,27,28). The summed E-state index contributed by atoms with van der Waals surface area (Å²) in [6.45, 7) is 0.0237. The minimum absolute atomic E-state index is 0.0253. The molecule has 0 unspecified atom stereocenters. The van der Waals surface area contributed by atoms with E-state index in [1.807, 2.05) is 36.4 Å². The van der Waals surface area contributed by atoms with Gasteiger partial charge in [-0.3, -0.25) is 4.79 Å². The van der Waals surface area contributed by atoms with Crippen LogP contribution >= 0.6 is 0 Å². The Hall–Kier alpha value is -3.19. The quantitative estimate of drug-likeness (QED) is 0.640. The molecule has 0 aromatic heterocycles. The number of hydrogen-bond donors (Lipinski definition) is 2. The lowest BCUT2D eigenvalue weighted by atomic mass is 9.80. The summed E-state index contributed by atoms with van der Waals surface area (Å²) < 4.78 is 10.8. The number of carbonyl (C=O) groups is 3. The van der Waals surface area contributed by atoms with Gasteiger partial charge in [0.25, 0.3) is 0 Å². The number of ether oxygens (including phenoxy) is 2. The van der Waals surface area contributed by atoms with Crippen LogP contribution < -0.4 is 5.32 Å². The lowest BCUT2D eigenvalue weighted by molar-refractivity contribution is -0.179. The summed E-state index contributed by atoms with van der Waals surface area (Å²) in [5, 5.41) is 11.7. The largest absolute Gasteiger partial charge is 0.479 e. The zero-order valence-corrected chi connectivity index (χ0v) is 17.1. The van der Waals surface area contributed by atoms with Crippen LogP contribution in [0.3, 0.4) is 0 Å². The number of carbonyl (C=O) groups excluding carboxylic acids is 2. The van der Waals surface area contributed by atoms with Gasteiger partial charge in [0.15, 0.2) is 11.4 Å². The molecule has 2 aliphatic carbocycles. The van der Waals surface area contributed by atoms with Gasteiger partial charge in [-0.1, -0.05) is 48.5 Å². The molecule has 0 atom stereocenters. The molecule has 7 heteroatoms. The van der Waals surface area contributed by atoms with Crippen molar-refractivity contribution >= 4 is 17.8 Å². The van der Waals surface area contributed by atoms with Crippen molar-refractivity contribution in [2.45, 2.75) is 37.2 Å². The van der Waals surface area contributed by atoms with E-state index >= 15 is 0 Å². The van der Waals surface area contributed by atoms with Crippen LogP contribution in [0.4, 0.5) is 4.79 Å². The third-order valence-electron chi connectivity index (χ3n) is 6.08. The van der Waals surface area contributed by atoms with E-state index in [1.54, 1.807) is 0 Å². The summed E-state index contributed by atoms with van der Waals surface area (Å²) in [4.78, 5) is 35.4. The number of ketones is 1. The predicted octanol–water partition coefficient (Wildman–Crippen LogP) is 3.51. The number of fused-ring (bicyclic) bond motifs is 3. The Morgan fingerprint density at radius 2 is 1.61 bits per heavy atom. The zero-order valence-electron chi connectivity index (χ0n) is 17.1.